The molecule has 0 spiro atoms. The number of carbonyl (C=O) groups is 1. The molecule has 104 valence electrons. The molecule has 0 aliphatic carbocycles. The van der Waals surface area contributed by atoms with Gasteiger partial charge in [0.1, 0.15) is 5.75 Å². The molecule has 1 aromatic carbocycles. The van der Waals surface area contributed by atoms with Crippen LogP contribution in [0, 0.1) is 0 Å². The van der Waals surface area contributed by atoms with Gasteiger partial charge in [-0.05, 0) is 24.1 Å². The number of ether oxygens (including phenoxy) is 1. The second-order valence-corrected chi connectivity index (χ2v) is 4.83. The summed E-state index contributed by atoms with van der Waals surface area (Å²) in [7, 11) is 0. The third kappa shape index (κ3) is 3.07. The molecule has 2 unspecified atom stereocenters. The molecule has 0 aromatic heterocycles. The molecule has 1 amide bonds. The highest BCUT2D eigenvalue weighted by Crippen LogP contribution is 2.34. The van der Waals surface area contributed by atoms with Crippen LogP contribution in [0.2, 0.25) is 0 Å². The molecular formula is C15H21NO3. The predicted octanol–water partition coefficient (Wildman–Crippen LogP) is 2.48. The summed E-state index contributed by atoms with van der Waals surface area (Å²) >= 11 is 0. The first-order valence-electron chi connectivity index (χ1n) is 6.89. The average Bonchev–Trinajstić information content (AvgIpc) is 2.46. The standard InChI is InChI=1S/C15H21NO3/c1-3-13(17)10-5-6-14-11(9-10)12(7-8-19-14)16-15(18)4-2/h5-6,9,12-13,17H,3-4,7-8H2,1-2H3,(H,16,18). The largest absolute Gasteiger partial charge is 0.493 e. The van der Waals surface area contributed by atoms with Gasteiger partial charge in [0, 0.05) is 18.4 Å². The van der Waals surface area contributed by atoms with Crippen LogP contribution in [-0.4, -0.2) is 17.6 Å². The topological polar surface area (TPSA) is 58.6 Å². The van der Waals surface area contributed by atoms with Gasteiger partial charge in [0.15, 0.2) is 0 Å². The SMILES string of the molecule is CCC(=O)NC1CCOc2ccc(C(O)CC)cc21. The van der Waals surface area contributed by atoms with Crippen LogP contribution >= 0.6 is 0 Å². The van der Waals surface area contributed by atoms with Gasteiger partial charge in [0.05, 0.1) is 18.8 Å². The van der Waals surface area contributed by atoms with Crippen molar-refractivity contribution >= 4 is 5.91 Å². The van der Waals surface area contributed by atoms with E-state index in [4.69, 9.17) is 4.74 Å². The van der Waals surface area contributed by atoms with Crippen molar-refractivity contribution in [3.8, 4) is 5.75 Å². The average molecular weight is 263 g/mol. The van der Waals surface area contributed by atoms with Crippen molar-refractivity contribution in [2.45, 2.75) is 45.3 Å². The first-order valence-corrected chi connectivity index (χ1v) is 6.89. The summed E-state index contributed by atoms with van der Waals surface area (Å²) in [6, 6.07) is 5.70. The molecule has 1 heterocycles. The van der Waals surface area contributed by atoms with E-state index in [-0.39, 0.29) is 11.9 Å². The lowest BCUT2D eigenvalue weighted by atomic mass is 9.95. The molecule has 2 N–H and O–H groups in total. The van der Waals surface area contributed by atoms with E-state index in [1.807, 2.05) is 32.0 Å². The van der Waals surface area contributed by atoms with E-state index in [0.717, 1.165) is 23.3 Å². The Hall–Kier alpha value is -1.55. The van der Waals surface area contributed by atoms with Crippen molar-refractivity contribution in [3.05, 3.63) is 29.3 Å². The van der Waals surface area contributed by atoms with E-state index in [2.05, 4.69) is 5.32 Å². The number of amides is 1. The summed E-state index contributed by atoms with van der Waals surface area (Å²) in [5.41, 5.74) is 1.85. The summed E-state index contributed by atoms with van der Waals surface area (Å²) in [6.07, 6.45) is 1.45. The van der Waals surface area contributed by atoms with Crippen LogP contribution in [0.25, 0.3) is 0 Å². The number of benzene rings is 1. The maximum absolute atomic E-state index is 11.6. The molecule has 1 aliphatic rings. The minimum absolute atomic E-state index is 0.0137. The van der Waals surface area contributed by atoms with Crippen molar-refractivity contribution in [2.75, 3.05) is 6.61 Å². The fraction of sp³-hybridized carbons (Fsp3) is 0.533. The van der Waals surface area contributed by atoms with Crippen LogP contribution in [0.1, 0.15) is 56.4 Å². The first-order chi connectivity index (χ1) is 9.15. The molecule has 1 aliphatic heterocycles. The maximum atomic E-state index is 11.6. The number of rotatable bonds is 4. The van der Waals surface area contributed by atoms with Crippen molar-refractivity contribution < 1.29 is 14.6 Å². The molecule has 2 rings (SSSR count). The molecule has 4 heteroatoms. The number of nitrogens with one attached hydrogen (secondary N) is 1. The highest BCUT2D eigenvalue weighted by atomic mass is 16.5. The van der Waals surface area contributed by atoms with Crippen molar-refractivity contribution in [1.29, 1.82) is 0 Å². The van der Waals surface area contributed by atoms with Gasteiger partial charge in [-0.15, -0.1) is 0 Å². The van der Waals surface area contributed by atoms with Crippen LogP contribution in [0.4, 0.5) is 0 Å². The predicted molar refractivity (Wildman–Crippen MR) is 73.0 cm³/mol. The molecule has 19 heavy (non-hydrogen) atoms. The monoisotopic (exact) mass is 263 g/mol. The molecule has 0 fully saturated rings. The number of hydrogen-bond donors (Lipinski definition) is 2. The Bertz CT molecular complexity index is 459. The first kappa shape index (κ1) is 13.9. The molecular weight excluding hydrogens is 242 g/mol. The molecule has 0 saturated heterocycles. The van der Waals surface area contributed by atoms with Gasteiger partial charge in [-0.25, -0.2) is 0 Å². The minimum Gasteiger partial charge on any atom is -0.493 e. The van der Waals surface area contributed by atoms with Gasteiger partial charge in [-0.2, -0.15) is 0 Å². The highest BCUT2D eigenvalue weighted by molar-refractivity contribution is 5.76. The third-order valence-corrected chi connectivity index (χ3v) is 3.50. The minimum atomic E-state index is -0.463. The fourth-order valence-corrected chi connectivity index (χ4v) is 2.30. The van der Waals surface area contributed by atoms with E-state index in [0.29, 0.717) is 19.4 Å². The Morgan fingerprint density at radius 3 is 3.00 bits per heavy atom. The number of carbonyl (C=O) groups excluding carboxylic acids is 1. The zero-order valence-corrected chi connectivity index (χ0v) is 11.5. The van der Waals surface area contributed by atoms with Crippen LogP contribution < -0.4 is 10.1 Å². The number of fused-ring (bicyclic) bond motifs is 1. The van der Waals surface area contributed by atoms with Crippen LogP contribution in [-0.2, 0) is 4.79 Å². The number of aliphatic hydroxyl groups excluding tert-OH is 1. The maximum Gasteiger partial charge on any atom is 0.220 e. The summed E-state index contributed by atoms with van der Waals surface area (Å²) in [5.74, 6) is 0.846. The van der Waals surface area contributed by atoms with Crippen LogP contribution in [0.5, 0.6) is 5.75 Å². The smallest absolute Gasteiger partial charge is 0.220 e. The number of hydrogen-bond acceptors (Lipinski definition) is 3. The van der Waals surface area contributed by atoms with Gasteiger partial charge in [-0.1, -0.05) is 19.9 Å². The second kappa shape index (κ2) is 6.06. The Morgan fingerprint density at radius 2 is 2.32 bits per heavy atom. The third-order valence-electron chi connectivity index (χ3n) is 3.50. The fourth-order valence-electron chi connectivity index (χ4n) is 2.30. The second-order valence-electron chi connectivity index (χ2n) is 4.83. The van der Waals surface area contributed by atoms with E-state index < -0.39 is 6.10 Å². The summed E-state index contributed by atoms with van der Waals surface area (Å²) < 4.78 is 5.60. The Morgan fingerprint density at radius 1 is 1.53 bits per heavy atom. The summed E-state index contributed by atoms with van der Waals surface area (Å²) in [4.78, 5) is 11.6. The lowest BCUT2D eigenvalue weighted by Gasteiger charge is -2.27. The van der Waals surface area contributed by atoms with Crippen molar-refractivity contribution in [2.24, 2.45) is 0 Å². The zero-order chi connectivity index (χ0) is 13.8. The molecule has 2 atom stereocenters. The quantitative estimate of drug-likeness (QED) is 0.877. The van der Waals surface area contributed by atoms with Crippen LogP contribution in [0.3, 0.4) is 0 Å². The molecule has 0 radical (unpaired) electrons. The van der Waals surface area contributed by atoms with Gasteiger partial charge in [-0.3, -0.25) is 4.79 Å². The lowest BCUT2D eigenvalue weighted by molar-refractivity contribution is -0.121. The normalized spacial score (nSPS) is 19.2. The lowest BCUT2D eigenvalue weighted by Crippen LogP contribution is -2.31. The summed E-state index contributed by atoms with van der Waals surface area (Å²) in [5, 5.41) is 12.9. The zero-order valence-electron chi connectivity index (χ0n) is 11.5. The van der Waals surface area contributed by atoms with E-state index in [1.54, 1.807) is 0 Å². The van der Waals surface area contributed by atoms with E-state index in [1.165, 1.54) is 0 Å². The summed E-state index contributed by atoms with van der Waals surface area (Å²) in [6.45, 7) is 4.39. The molecule has 1 aromatic rings. The van der Waals surface area contributed by atoms with Gasteiger partial charge in [0.25, 0.3) is 0 Å². The molecule has 0 saturated carbocycles. The van der Waals surface area contributed by atoms with E-state index in [9.17, 15) is 9.90 Å². The van der Waals surface area contributed by atoms with Crippen LogP contribution in [0.15, 0.2) is 18.2 Å². The Labute approximate surface area is 113 Å². The van der Waals surface area contributed by atoms with E-state index >= 15 is 0 Å². The number of aliphatic hydroxyl groups is 1. The van der Waals surface area contributed by atoms with Gasteiger partial charge in [0.2, 0.25) is 5.91 Å². The Balaban J connectivity index is 2.27. The van der Waals surface area contributed by atoms with Gasteiger partial charge >= 0.3 is 0 Å². The van der Waals surface area contributed by atoms with Gasteiger partial charge < -0.3 is 15.2 Å². The van der Waals surface area contributed by atoms with Crippen molar-refractivity contribution in [3.63, 3.8) is 0 Å². The highest BCUT2D eigenvalue weighted by Gasteiger charge is 2.23. The molecule has 4 nitrogen and oxygen atoms in total. The molecule has 0 bridgehead atoms. The Kier molecular flexibility index (Phi) is 4.43. The van der Waals surface area contributed by atoms with Crippen molar-refractivity contribution in [1.82, 2.24) is 5.32 Å².